The van der Waals surface area contributed by atoms with Crippen LogP contribution in [0.2, 0.25) is 0 Å². The van der Waals surface area contributed by atoms with E-state index in [0.29, 0.717) is 17.7 Å². The summed E-state index contributed by atoms with van der Waals surface area (Å²) in [7, 11) is 0. The fourth-order valence-corrected chi connectivity index (χ4v) is 4.20. The second-order valence-corrected chi connectivity index (χ2v) is 10.6. The highest BCUT2D eigenvalue weighted by atomic mass is 16.6. The molecule has 3 N–H and O–H groups in total. The van der Waals surface area contributed by atoms with Crippen molar-refractivity contribution in [2.45, 2.75) is 78.0 Å². The molecule has 0 aliphatic carbocycles. The van der Waals surface area contributed by atoms with E-state index in [9.17, 15) is 19.5 Å². The van der Waals surface area contributed by atoms with Crippen LogP contribution >= 0.6 is 0 Å². The van der Waals surface area contributed by atoms with Gasteiger partial charge in [-0.2, -0.15) is 0 Å². The zero-order valence-corrected chi connectivity index (χ0v) is 23.8. The van der Waals surface area contributed by atoms with Crippen molar-refractivity contribution in [1.29, 1.82) is 0 Å². The number of hydrogen-bond donors (Lipinski definition) is 3. The number of unbranched alkanes of at least 4 members (excludes halogenated alkanes) is 2. The highest BCUT2D eigenvalue weighted by molar-refractivity contribution is 5.93. The summed E-state index contributed by atoms with van der Waals surface area (Å²) in [5, 5.41) is 16.6. The summed E-state index contributed by atoms with van der Waals surface area (Å²) < 4.78 is 5.44. The summed E-state index contributed by atoms with van der Waals surface area (Å²) in [6.45, 7) is 13.3. The second kappa shape index (κ2) is 15.0. The number of ether oxygens (including phenoxy) is 1. The van der Waals surface area contributed by atoms with Gasteiger partial charge in [-0.1, -0.05) is 74.4 Å². The Balaban J connectivity index is 2.52. The molecule has 8 heteroatoms. The first-order valence-electron chi connectivity index (χ1n) is 13.5. The van der Waals surface area contributed by atoms with Crippen LogP contribution in [-0.2, 0) is 20.7 Å². The summed E-state index contributed by atoms with van der Waals surface area (Å²) in [5.41, 5.74) is 0.938. The minimum Gasteiger partial charge on any atom is -0.507 e. The van der Waals surface area contributed by atoms with E-state index in [1.165, 1.54) is 11.0 Å². The van der Waals surface area contributed by atoms with Crippen LogP contribution in [0.1, 0.15) is 69.7 Å². The Morgan fingerprint density at radius 1 is 1.08 bits per heavy atom. The predicted octanol–water partition coefficient (Wildman–Crippen LogP) is 5.20. The summed E-state index contributed by atoms with van der Waals surface area (Å²) in [6.07, 6.45) is 3.70. The first-order chi connectivity index (χ1) is 18.5. The summed E-state index contributed by atoms with van der Waals surface area (Å²) in [5.74, 6) is -0.982. The smallest absolute Gasteiger partial charge is 0.408 e. The molecular formula is C31H43N3O5. The quantitative estimate of drug-likeness (QED) is 0.241. The largest absolute Gasteiger partial charge is 0.507 e. The summed E-state index contributed by atoms with van der Waals surface area (Å²) in [6, 6.07) is 12.2. The number of amides is 3. The Hall–Kier alpha value is -3.81. The SMILES string of the molecule is C=CCN(C(=O)C(Cc1ccccc1)NC(=O)OC(C)(C)C)C(C(=O)NCCCCC)c1cccc(C)c1O. The van der Waals surface area contributed by atoms with Gasteiger partial charge in [0, 0.05) is 25.1 Å². The van der Waals surface area contributed by atoms with Gasteiger partial charge < -0.3 is 25.4 Å². The summed E-state index contributed by atoms with van der Waals surface area (Å²) in [4.78, 5) is 41.9. The van der Waals surface area contributed by atoms with Gasteiger partial charge in [-0.3, -0.25) is 9.59 Å². The van der Waals surface area contributed by atoms with E-state index in [4.69, 9.17) is 4.74 Å². The molecule has 2 atom stereocenters. The van der Waals surface area contributed by atoms with Gasteiger partial charge in [0.15, 0.2) is 0 Å². The van der Waals surface area contributed by atoms with E-state index in [0.717, 1.165) is 24.8 Å². The van der Waals surface area contributed by atoms with E-state index in [1.54, 1.807) is 45.9 Å². The Labute approximate surface area is 232 Å². The Kier molecular flexibility index (Phi) is 12.0. The Morgan fingerprint density at radius 2 is 1.77 bits per heavy atom. The van der Waals surface area contributed by atoms with E-state index in [1.807, 2.05) is 30.3 Å². The van der Waals surface area contributed by atoms with Crippen molar-refractivity contribution in [3.8, 4) is 5.75 Å². The van der Waals surface area contributed by atoms with Crippen molar-refractivity contribution in [3.63, 3.8) is 0 Å². The molecule has 0 aromatic heterocycles. The molecular weight excluding hydrogens is 494 g/mol. The van der Waals surface area contributed by atoms with Crippen LogP contribution in [0, 0.1) is 6.92 Å². The average molecular weight is 538 g/mol. The van der Waals surface area contributed by atoms with Gasteiger partial charge >= 0.3 is 6.09 Å². The van der Waals surface area contributed by atoms with Crippen LogP contribution in [0.5, 0.6) is 5.75 Å². The van der Waals surface area contributed by atoms with Crippen LogP contribution in [0.3, 0.4) is 0 Å². The molecule has 0 heterocycles. The maximum atomic E-state index is 14.2. The third kappa shape index (κ3) is 9.78. The number of nitrogens with zero attached hydrogens (tertiary/aromatic N) is 1. The van der Waals surface area contributed by atoms with E-state index >= 15 is 0 Å². The number of para-hydroxylation sites is 1. The van der Waals surface area contributed by atoms with Crippen LogP contribution in [0.4, 0.5) is 4.79 Å². The number of alkyl carbamates (subject to hydrolysis) is 1. The number of nitrogens with one attached hydrogen (secondary N) is 2. The monoisotopic (exact) mass is 537 g/mol. The number of phenols is 1. The van der Waals surface area contributed by atoms with Crippen LogP contribution in [0.25, 0.3) is 0 Å². The summed E-state index contributed by atoms with van der Waals surface area (Å²) >= 11 is 0. The fraction of sp³-hybridized carbons (Fsp3) is 0.452. The molecule has 2 rings (SSSR count). The number of phenolic OH excluding ortho intramolecular Hbond substituents is 1. The molecule has 2 aromatic rings. The minimum atomic E-state index is -1.14. The molecule has 2 aromatic carbocycles. The Bertz CT molecular complexity index is 1110. The second-order valence-electron chi connectivity index (χ2n) is 10.6. The molecule has 3 amide bonds. The highest BCUT2D eigenvalue weighted by Crippen LogP contribution is 2.32. The number of benzene rings is 2. The molecule has 0 fully saturated rings. The molecule has 0 radical (unpaired) electrons. The number of carbonyl (C=O) groups is 3. The van der Waals surface area contributed by atoms with Crippen molar-refractivity contribution >= 4 is 17.9 Å². The first kappa shape index (κ1) is 31.4. The van der Waals surface area contributed by atoms with Crippen LogP contribution in [-0.4, -0.2) is 52.6 Å². The van der Waals surface area contributed by atoms with Gasteiger partial charge in [0.1, 0.15) is 23.4 Å². The lowest BCUT2D eigenvalue weighted by Gasteiger charge is -2.34. The van der Waals surface area contributed by atoms with E-state index < -0.39 is 35.6 Å². The van der Waals surface area contributed by atoms with Gasteiger partial charge in [-0.15, -0.1) is 6.58 Å². The van der Waals surface area contributed by atoms with E-state index in [-0.39, 0.29) is 18.7 Å². The third-order valence-corrected chi connectivity index (χ3v) is 6.08. The van der Waals surface area contributed by atoms with E-state index in [2.05, 4.69) is 24.1 Å². The molecule has 2 unspecified atom stereocenters. The number of aryl methyl sites for hydroxylation is 1. The van der Waals surface area contributed by atoms with Crippen molar-refractivity contribution in [1.82, 2.24) is 15.5 Å². The molecule has 8 nitrogen and oxygen atoms in total. The minimum absolute atomic E-state index is 0.0144. The average Bonchev–Trinajstić information content (AvgIpc) is 2.87. The standard InChI is InChI=1S/C31H43N3O5/c1-7-9-13-19-32-28(36)26(24-18-14-15-22(3)27(24)35)34(20-8-2)29(37)25(21-23-16-11-10-12-17-23)33-30(38)39-31(4,5)6/h8,10-12,14-18,25-26,35H,2,7,9,13,19-21H2,1,3-6H3,(H,32,36)(H,33,38). The molecule has 0 saturated heterocycles. The maximum Gasteiger partial charge on any atom is 0.408 e. The molecule has 0 aliphatic heterocycles. The highest BCUT2D eigenvalue weighted by Gasteiger charge is 2.37. The fourth-order valence-electron chi connectivity index (χ4n) is 4.20. The number of hydrogen-bond acceptors (Lipinski definition) is 5. The van der Waals surface area contributed by atoms with Gasteiger partial charge in [-0.05, 0) is 45.2 Å². The zero-order valence-electron chi connectivity index (χ0n) is 23.8. The van der Waals surface area contributed by atoms with Gasteiger partial charge in [-0.25, -0.2) is 4.79 Å². The number of carbonyl (C=O) groups excluding carboxylic acids is 3. The lowest BCUT2D eigenvalue weighted by Crippen LogP contribution is -2.54. The van der Waals surface area contributed by atoms with Gasteiger partial charge in [0.05, 0.1) is 0 Å². The van der Waals surface area contributed by atoms with Crippen LogP contribution < -0.4 is 10.6 Å². The molecule has 0 spiro atoms. The van der Waals surface area contributed by atoms with Crippen LogP contribution in [0.15, 0.2) is 61.2 Å². The van der Waals surface area contributed by atoms with Crippen molar-refractivity contribution in [2.75, 3.05) is 13.1 Å². The van der Waals surface area contributed by atoms with Gasteiger partial charge in [0.2, 0.25) is 11.8 Å². The molecule has 212 valence electrons. The third-order valence-electron chi connectivity index (χ3n) is 6.08. The number of aromatic hydroxyl groups is 1. The van der Waals surface area contributed by atoms with Crippen molar-refractivity contribution in [2.24, 2.45) is 0 Å². The number of rotatable bonds is 13. The zero-order chi connectivity index (χ0) is 29.0. The molecule has 39 heavy (non-hydrogen) atoms. The van der Waals surface area contributed by atoms with Crippen molar-refractivity contribution < 1.29 is 24.2 Å². The predicted molar refractivity (Wildman–Crippen MR) is 153 cm³/mol. The Morgan fingerprint density at radius 3 is 2.38 bits per heavy atom. The molecule has 0 aliphatic rings. The maximum absolute atomic E-state index is 14.2. The lowest BCUT2D eigenvalue weighted by molar-refractivity contribution is -0.141. The topological polar surface area (TPSA) is 108 Å². The van der Waals surface area contributed by atoms with Gasteiger partial charge in [0.25, 0.3) is 0 Å². The lowest BCUT2D eigenvalue weighted by atomic mass is 9.98. The molecule has 0 saturated carbocycles. The normalized spacial score (nSPS) is 12.6. The molecule has 0 bridgehead atoms. The first-order valence-corrected chi connectivity index (χ1v) is 13.5. The van der Waals surface area contributed by atoms with Crippen molar-refractivity contribution in [3.05, 3.63) is 77.9 Å².